The van der Waals surface area contributed by atoms with Gasteiger partial charge in [0.25, 0.3) is 0 Å². The van der Waals surface area contributed by atoms with Crippen LogP contribution in [0.15, 0.2) is 59.1 Å². The lowest BCUT2D eigenvalue weighted by Crippen LogP contribution is -2.50. The topological polar surface area (TPSA) is 91.6 Å². The molecule has 3 aromatic rings. The summed E-state index contributed by atoms with van der Waals surface area (Å²) in [5.41, 5.74) is 2.95. The van der Waals surface area contributed by atoms with Crippen LogP contribution in [-0.2, 0) is 16.0 Å². The first-order valence-corrected chi connectivity index (χ1v) is 11.8. The number of carbonyl (C=O) groups excluding carboxylic acids is 2. The third-order valence-electron chi connectivity index (χ3n) is 6.01. The van der Waals surface area contributed by atoms with Gasteiger partial charge in [0.15, 0.2) is 0 Å². The lowest BCUT2D eigenvalue weighted by molar-refractivity contribution is -0.133. The number of aromatic nitrogens is 2. The Kier molecular flexibility index (Phi) is 7.69. The molecule has 0 unspecified atom stereocenters. The largest absolute Gasteiger partial charge is 0.340 e. The summed E-state index contributed by atoms with van der Waals surface area (Å²) in [5, 5.41) is 6.96. The van der Waals surface area contributed by atoms with Gasteiger partial charge in [0.1, 0.15) is 0 Å². The number of nitrogens with zero attached hydrogens (tertiary/aromatic N) is 4. The number of benzene rings is 2. The third-order valence-corrected chi connectivity index (χ3v) is 6.01. The van der Waals surface area contributed by atoms with E-state index in [4.69, 9.17) is 4.52 Å². The maximum Gasteiger partial charge on any atom is 0.238 e. The standard InChI is InChI=1S/C26H31N5O3/c1-19(2)20-8-10-21(11-9-20)26-28-24(34-29-26)12-13-25(33)31-16-14-30(15-17-31)18-23(32)27-22-6-4-3-5-7-22/h3-11,19H,12-18H2,1-2H3,(H,27,32). The first kappa shape index (κ1) is 23.6. The number of piperazine rings is 1. The van der Waals surface area contributed by atoms with Crippen LogP contribution in [0.3, 0.4) is 0 Å². The summed E-state index contributed by atoms with van der Waals surface area (Å²) in [6.07, 6.45) is 0.734. The zero-order chi connectivity index (χ0) is 23.9. The zero-order valence-corrected chi connectivity index (χ0v) is 19.7. The van der Waals surface area contributed by atoms with Gasteiger partial charge in [-0.05, 0) is 23.6 Å². The molecular formula is C26H31N5O3. The van der Waals surface area contributed by atoms with Gasteiger partial charge < -0.3 is 14.7 Å². The van der Waals surface area contributed by atoms with Crippen molar-refractivity contribution in [1.82, 2.24) is 19.9 Å². The van der Waals surface area contributed by atoms with E-state index in [0.29, 0.717) is 63.2 Å². The van der Waals surface area contributed by atoms with E-state index in [1.165, 1.54) is 5.56 Å². The maximum absolute atomic E-state index is 12.7. The van der Waals surface area contributed by atoms with Crippen molar-refractivity contribution in [1.29, 1.82) is 0 Å². The van der Waals surface area contributed by atoms with Crippen molar-refractivity contribution < 1.29 is 14.1 Å². The summed E-state index contributed by atoms with van der Waals surface area (Å²) in [7, 11) is 0. The first-order chi connectivity index (χ1) is 16.5. The summed E-state index contributed by atoms with van der Waals surface area (Å²) in [4.78, 5) is 33.3. The van der Waals surface area contributed by atoms with E-state index in [9.17, 15) is 9.59 Å². The molecule has 1 aromatic heterocycles. The highest BCUT2D eigenvalue weighted by Gasteiger charge is 2.23. The lowest BCUT2D eigenvalue weighted by Gasteiger charge is -2.34. The van der Waals surface area contributed by atoms with Crippen molar-refractivity contribution >= 4 is 17.5 Å². The van der Waals surface area contributed by atoms with Gasteiger partial charge in [-0.2, -0.15) is 4.98 Å². The molecule has 4 rings (SSSR count). The third kappa shape index (κ3) is 6.29. The molecule has 2 aromatic carbocycles. The normalized spacial score (nSPS) is 14.4. The molecule has 0 atom stereocenters. The van der Waals surface area contributed by atoms with Crippen LogP contribution >= 0.6 is 0 Å². The smallest absolute Gasteiger partial charge is 0.238 e. The molecule has 178 valence electrons. The van der Waals surface area contributed by atoms with Crippen LogP contribution in [0.25, 0.3) is 11.4 Å². The number of rotatable bonds is 8. The van der Waals surface area contributed by atoms with Crippen LogP contribution in [0.2, 0.25) is 0 Å². The van der Waals surface area contributed by atoms with Gasteiger partial charge in [0, 0.05) is 50.3 Å². The molecule has 2 amide bonds. The fourth-order valence-corrected chi connectivity index (χ4v) is 3.94. The Morgan fingerprint density at radius 1 is 1.00 bits per heavy atom. The fraction of sp³-hybridized carbons (Fsp3) is 0.385. The number of hydrogen-bond donors (Lipinski definition) is 1. The predicted molar refractivity (Wildman–Crippen MR) is 130 cm³/mol. The van der Waals surface area contributed by atoms with Crippen molar-refractivity contribution in [2.45, 2.75) is 32.6 Å². The van der Waals surface area contributed by atoms with Crippen LogP contribution in [0.5, 0.6) is 0 Å². The zero-order valence-electron chi connectivity index (χ0n) is 19.7. The number of hydrogen-bond acceptors (Lipinski definition) is 6. The van der Waals surface area contributed by atoms with Crippen LogP contribution in [0, 0.1) is 0 Å². The molecule has 8 nitrogen and oxygen atoms in total. The monoisotopic (exact) mass is 461 g/mol. The van der Waals surface area contributed by atoms with Gasteiger partial charge in [-0.1, -0.05) is 61.5 Å². The van der Waals surface area contributed by atoms with Crippen LogP contribution in [0.1, 0.15) is 37.6 Å². The fourth-order valence-electron chi connectivity index (χ4n) is 3.94. The van der Waals surface area contributed by atoms with Crippen molar-refractivity contribution in [2.75, 3.05) is 38.0 Å². The molecule has 8 heteroatoms. The van der Waals surface area contributed by atoms with E-state index in [1.54, 1.807) is 0 Å². The minimum Gasteiger partial charge on any atom is -0.340 e. The summed E-state index contributed by atoms with van der Waals surface area (Å²) in [6.45, 7) is 7.18. The first-order valence-electron chi connectivity index (χ1n) is 11.8. The second-order valence-electron chi connectivity index (χ2n) is 8.86. The molecule has 0 aliphatic carbocycles. The highest BCUT2D eigenvalue weighted by molar-refractivity contribution is 5.92. The lowest BCUT2D eigenvalue weighted by atomic mass is 10.0. The van der Waals surface area contributed by atoms with E-state index in [1.807, 2.05) is 47.4 Å². The second kappa shape index (κ2) is 11.1. The number of nitrogens with one attached hydrogen (secondary N) is 1. The van der Waals surface area contributed by atoms with Gasteiger partial charge in [0.2, 0.25) is 23.5 Å². The number of carbonyl (C=O) groups is 2. The Morgan fingerprint density at radius 3 is 2.38 bits per heavy atom. The predicted octanol–water partition coefficient (Wildman–Crippen LogP) is 3.58. The number of amides is 2. The molecule has 0 saturated carbocycles. The Labute approximate surface area is 199 Å². The Bertz CT molecular complexity index is 1090. The highest BCUT2D eigenvalue weighted by Crippen LogP contribution is 2.21. The van der Waals surface area contributed by atoms with Crippen molar-refractivity contribution in [3.05, 3.63) is 66.1 Å². The van der Waals surface area contributed by atoms with Crippen LogP contribution in [0.4, 0.5) is 5.69 Å². The van der Waals surface area contributed by atoms with Crippen LogP contribution in [-0.4, -0.2) is 64.5 Å². The van der Waals surface area contributed by atoms with Gasteiger partial charge in [-0.15, -0.1) is 0 Å². The van der Waals surface area contributed by atoms with Crippen molar-refractivity contribution in [2.24, 2.45) is 0 Å². The summed E-state index contributed by atoms with van der Waals surface area (Å²) >= 11 is 0. The highest BCUT2D eigenvalue weighted by atomic mass is 16.5. The van der Waals surface area contributed by atoms with E-state index < -0.39 is 0 Å². The average molecular weight is 462 g/mol. The summed E-state index contributed by atoms with van der Waals surface area (Å²) in [6, 6.07) is 17.6. The summed E-state index contributed by atoms with van der Waals surface area (Å²) < 4.78 is 5.36. The molecular weight excluding hydrogens is 430 g/mol. The molecule has 1 aliphatic heterocycles. The molecule has 1 N–H and O–H groups in total. The van der Waals surface area contributed by atoms with Crippen LogP contribution < -0.4 is 5.32 Å². The molecule has 0 spiro atoms. The molecule has 0 radical (unpaired) electrons. The molecule has 1 aliphatic rings. The van der Waals surface area contributed by atoms with Gasteiger partial charge in [-0.3, -0.25) is 14.5 Å². The number of anilines is 1. The maximum atomic E-state index is 12.7. The molecule has 1 fully saturated rings. The van der Waals surface area contributed by atoms with Crippen molar-refractivity contribution in [3.63, 3.8) is 0 Å². The van der Waals surface area contributed by atoms with E-state index in [-0.39, 0.29) is 11.8 Å². The van der Waals surface area contributed by atoms with Gasteiger partial charge in [0.05, 0.1) is 6.54 Å². The molecule has 1 saturated heterocycles. The SMILES string of the molecule is CC(C)c1ccc(-c2noc(CCC(=O)N3CCN(CC(=O)Nc4ccccc4)CC3)n2)cc1. The number of para-hydroxylation sites is 1. The van der Waals surface area contributed by atoms with Gasteiger partial charge >= 0.3 is 0 Å². The quantitative estimate of drug-likeness (QED) is 0.551. The Hall–Kier alpha value is -3.52. The Balaban J connectivity index is 1.20. The van der Waals surface area contributed by atoms with Gasteiger partial charge in [-0.25, -0.2) is 0 Å². The van der Waals surface area contributed by atoms with E-state index in [2.05, 4.69) is 46.3 Å². The second-order valence-corrected chi connectivity index (χ2v) is 8.86. The molecule has 2 heterocycles. The van der Waals surface area contributed by atoms with E-state index >= 15 is 0 Å². The van der Waals surface area contributed by atoms with Crippen molar-refractivity contribution in [3.8, 4) is 11.4 Å². The minimum atomic E-state index is -0.0444. The Morgan fingerprint density at radius 2 is 1.71 bits per heavy atom. The number of aryl methyl sites for hydroxylation is 1. The molecule has 34 heavy (non-hydrogen) atoms. The average Bonchev–Trinajstić information content (AvgIpc) is 3.33. The van der Waals surface area contributed by atoms with E-state index in [0.717, 1.165) is 11.3 Å². The summed E-state index contributed by atoms with van der Waals surface area (Å²) in [5.74, 6) is 1.49. The minimum absolute atomic E-state index is 0.0444. The molecule has 0 bridgehead atoms.